The van der Waals surface area contributed by atoms with Crippen molar-refractivity contribution in [1.29, 1.82) is 5.41 Å². The number of benzene rings is 2. The van der Waals surface area contributed by atoms with Crippen LogP contribution in [0.1, 0.15) is 28.4 Å². The summed E-state index contributed by atoms with van der Waals surface area (Å²) in [4.78, 5) is 16.2. The molecule has 0 aliphatic heterocycles. The highest BCUT2D eigenvalue weighted by atomic mass is 19.1. The molecule has 0 saturated carbocycles. The molecule has 1 aromatic heterocycles. The van der Waals surface area contributed by atoms with Crippen LogP contribution in [0.15, 0.2) is 48.7 Å². The molecule has 0 fully saturated rings. The lowest BCUT2D eigenvalue weighted by molar-refractivity contribution is 0.0958. The zero-order valence-electron chi connectivity index (χ0n) is 17.3. The Balaban J connectivity index is 1.92. The Morgan fingerprint density at radius 1 is 1.10 bits per heavy atom. The van der Waals surface area contributed by atoms with E-state index in [1.165, 1.54) is 13.1 Å². The molecule has 7 heteroatoms. The number of aryl methyl sites for hydroxylation is 1. The Hall–Kier alpha value is -3.74. The molecular formula is C23H23FN4O2. The van der Waals surface area contributed by atoms with E-state index in [0.717, 1.165) is 11.3 Å². The van der Waals surface area contributed by atoms with Crippen LogP contribution in [0.4, 0.5) is 10.1 Å². The molecule has 1 amide bonds. The molecule has 0 bridgehead atoms. The summed E-state index contributed by atoms with van der Waals surface area (Å²) in [6, 6.07) is 11.9. The quantitative estimate of drug-likeness (QED) is 0.514. The van der Waals surface area contributed by atoms with Gasteiger partial charge >= 0.3 is 0 Å². The SMILES string of the molecule is CNC(=O)c1c(C)cc(-c2cc(Oc3ccc(C(C)=N)c(NC)c3)ccn2)cc1F. The van der Waals surface area contributed by atoms with Crippen molar-refractivity contribution in [3.05, 3.63) is 71.2 Å². The van der Waals surface area contributed by atoms with Gasteiger partial charge in [0.25, 0.3) is 5.91 Å². The molecule has 6 nitrogen and oxygen atoms in total. The van der Waals surface area contributed by atoms with Crippen molar-refractivity contribution in [2.45, 2.75) is 13.8 Å². The average molecular weight is 406 g/mol. The minimum absolute atomic E-state index is 0.0230. The number of halogens is 1. The predicted molar refractivity (Wildman–Crippen MR) is 116 cm³/mol. The lowest BCUT2D eigenvalue weighted by atomic mass is 10.0. The normalized spacial score (nSPS) is 10.4. The molecule has 0 aliphatic carbocycles. The van der Waals surface area contributed by atoms with Gasteiger partial charge in [-0.25, -0.2) is 4.39 Å². The largest absolute Gasteiger partial charge is 0.457 e. The van der Waals surface area contributed by atoms with Crippen LogP contribution in [0, 0.1) is 18.2 Å². The molecule has 2 aromatic carbocycles. The number of rotatable bonds is 6. The smallest absolute Gasteiger partial charge is 0.254 e. The van der Waals surface area contributed by atoms with Crippen molar-refractivity contribution in [3.8, 4) is 22.8 Å². The van der Waals surface area contributed by atoms with E-state index in [-0.39, 0.29) is 5.56 Å². The molecule has 0 atom stereocenters. The summed E-state index contributed by atoms with van der Waals surface area (Å²) in [6.45, 7) is 3.41. The second-order valence-electron chi connectivity index (χ2n) is 6.79. The minimum Gasteiger partial charge on any atom is -0.457 e. The number of anilines is 1. The van der Waals surface area contributed by atoms with Crippen LogP contribution in [-0.2, 0) is 0 Å². The number of aromatic nitrogens is 1. The third kappa shape index (κ3) is 4.30. The lowest BCUT2D eigenvalue weighted by Gasteiger charge is -2.13. The van der Waals surface area contributed by atoms with Crippen molar-refractivity contribution < 1.29 is 13.9 Å². The fraction of sp³-hybridized carbons (Fsp3) is 0.174. The van der Waals surface area contributed by atoms with Crippen LogP contribution in [0.2, 0.25) is 0 Å². The molecule has 3 aromatic rings. The molecule has 3 rings (SSSR count). The summed E-state index contributed by atoms with van der Waals surface area (Å²) in [6.07, 6.45) is 1.58. The van der Waals surface area contributed by atoms with E-state index in [1.807, 2.05) is 12.1 Å². The Kier molecular flexibility index (Phi) is 6.11. The van der Waals surface area contributed by atoms with Crippen LogP contribution < -0.4 is 15.4 Å². The van der Waals surface area contributed by atoms with E-state index in [9.17, 15) is 9.18 Å². The molecule has 0 aliphatic rings. The highest BCUT2D eigenvalue weighted by Crippen LogP contribution is 2.30. The fourth-order valence-corrected chi connectivity index (χ4v) is 3.19. The molecule has 0 saturated heterocycles. The Morgan fingerprint density at radius 2 is 1.83 bits per heavy atom. The van der Waals surface area contributed by atoms with Crippen molar-refractivity contribution in [2.24, 2.45) is 0 Å². The van der Waals surface area contributed by atoms with Crippen LogP contribution in [0.25, 0.3) is 11.3 Å². The van der Waals surface area contributed by atoms with Gasteiger partial charge < -0.3 is 20.8 Å². The Morgan fingerprint density at radius 3 is 2.47 bits per heavy atom. The van der Waals surface area contributed by atoms with E-state index in [4.69, 9.17) is 10.1 Å². The summed E-state index contributed by atoms with van der Waals surface area (Å²) in [5.41, 5.74) is 3.66. The predicted octanol–water partition coefficient (Wildman–Crippen LogP) is 4.78. The molecule has 0 spiro atoms. The second-order valence-corrected chi connectivity index (χ2v) is 6.79. The van der Waals surface area contributed by atoms with Crippen molar-refractivity contribution in [2.75, 3.05) is 19.4 Å². The average Bonchev–Trinajstić information content (AvgIpc) is 2.72. The molecule has 0 unspecified atom stereocenters. The van der Waals surface area contributed by atoms with Crippen molar-refractivity contribution in [1.82, 2.24) is 10.3 Å². The van der Waals surface area contributed by atoms with E-state index in [1.54, 1.807) is 51.4 Å². The van der Waals surface area contributed by atoms with Crippen LogP contribution in [0.5, 0.6) is 11.5 Å². The van der Waals surface area contributed by atoms with Gasteiger partial charge in [0.1, 0.15) is 17.3 Å². The Bertz CT molecular complexity index is 1100. The topological polar surface area (TPSA) is 87.1 Å². The van der Waals surface area contributed by atoms with Gasteiger partial charge in [0.2, 0.25) is 0 Å². The molecule has 154 valence electrons. The summed E-state index contributed by atoms with van der Waals surface area (Å²) < 4.78 is 20.5. The molecule has 3 N–H and O–H groups in total. The van der Waals surface area contributed by atoms with E-state index in [2.05, 4.69) is 15.6 Å². The van der Waals surface area contributed by atoms with Crippen molar-refractivity contribution >= 4 is 17.3 Å². The second kappa shape index (κ2) is 8.73. The number of carbonyl (C=O) groups is 1. The number of nitrogens with one attached hydrogen (secondary N) is 3. The van der Waals surface area contributed by atoms with Crippen LogP contribution >= 0.6 is 0 Å². The standard InChI is InChI=1S/C23H23FN4O2/c1-13-9-15(10-19(24)22(13)23(29)27-4)20-11-17(7-8-28-20)30-16-5-6-18(14(2)25)21(12-16)26-3/h5-12,25-26H,1-4H3,(H,27,29). The minimum atomic E-state index is -0.603. The maximum absolute atomic E-state index is 14.5. The van der Waals surface area contributed by atoms with Gasteiger partial charge in [0, 0.05) is 55.0 Å². The van der Waals surface area contributed by atoms with Gasteiger partial charge in [-0.05, 0) is 49.7 Å². The maximum atomic E-state index is 14.5. The summed E-state index contributed by atoms with van der Waals surface area (Å²) in [5, 5.41) is 13.3. The first-order valence-corrected chi connectivity index (χ1v) is 9.38. The first-order valence-electron chi connectivity index (χ1n) is 9.38. The highest BCUT2D eigenvalue weighted by Gasteiger charge is 2.16. The number of pyridine rings is 1. The highest BCUT2D eigenvalue weighted by molar-refractivity contribution is 6.01. The van der Waals surface area contributed by atoms with E-state index >= 15 is 0 Å². The summed E-state index contributed by atoms with van der Waals surface area (Å²) in [5.74, 6) is 0.0629. The number of ether oxygens (including phenoxy) is 1. The zero-order valence-corrected chi connectivity index (χ0v) is 17.3. The van der Waals surface area contributed by atoms with Gasteiger partial charge in [-0.2, -0.15) is 0 Å². The summed E-state index contributed by atoms with van der Waals surface area (Å²) in [7, 11) is 3.25. The number of hydrogen-bond donors (Lipinski definition) is 3. The lowest BCUT2D eigenvalue weighted by Crippen LogP contribution is -2.20. The van der Waals surface area contributed by atoms with Gasteiger partial charge in [0.15, 0.2) is 0 Å². The monoisotopic (exact) mass is 406 g/mol. The fourth-order valence-electron chi connectivity index (χ4n) is 3.19. The maximum Gasteiger partial charge on any atom is 0.254 e. The molecular weight excluding hydrogens is 383 g/mol. The molecule has 1 heterocycles. The van der Waals surface area contributed by atoms with Gasteiger partial charge in [-0.3, -0.25) is 9.78 Å². The number of carbonyl (C=O) groups excluding carboxylic acids is 1. The van der Waals surface area contributed by atoms with Crippen molar-refractivity contribution in [3.63, 3.8) is 0 Å². The Labute approximate surface area is 174 Å². The number of nitrogens with zero attached hydrogens (tertiary/aromatic N) is 1. The van der Waals surface area contributed by atoms with Crippen LogP contribution in [0.3, 0.4) is 0 Å². The third-order valence-electron chi connectivity index (χ3n) is 4.67. The summed E-state index contributed by atoms with van der Waals surface area (Å²) >= 11 is 0. The van der Waals surface area contributed by atoms with E-state index < -0.39 is 11.7 Å². The van der Waals surface area contributed by atoms with Gasteiger partial charge in [-0.15, -0.1) is 0 Å². The number of amides is 1. The molecule has 0 radical (unpaired) electrons. The first-order chi connectivity index (χ1) is 14.3. The first kappa shape index (κ1) is 21.0. The number of hydrogen-bond acceptors (Lipinski definition) is 5. The van der Waals surface area contributed by atoms with Gasteiger partial charge in [0.05, 0.1) is 11.3 Å². The van der Waals surface area contributed by atoms with Gasteiger partial charge in [-0.1, -0.05) is 0 Å². The third-order valence-corrected chi connectivity index (χ3v) is 4.67. The van der Waals surface area contributed by atoms with Crippen LogP contribution in [-0.4, -0.2) is 30.7 Å². The molecule has 30 heavy (non-hydrogen) atoms. The zero-order chi connectivity index (χ0) is 21.8. The van der Waals surface area contributed by atoms with E-state index in [0.29, 0.717) is 34.0 Å².